The summed E-state index contributed by atoms with van der Waals surface area (Å²) in [5.41, 5.74) is 2.59. The number of amides is 4. The standard InChI is InChI=1S/C25H22N4O5/c1-15(30)26-18-7-5-17(6-8-18)22-23(28-20-11-9-19(10-12-20)27-16(2)31)25(33)29(24(22)32)14-21-4-3-13-34-21/h3-13,28H,14H2,1-2H3,(H,26,30)(H,27,31). The van der Waals surface area contributed by atoms with Crippen LogP contribution in [0.4, 0.5) is 17.1 Å². The first kappa shape index (κ1) is 22.5. The molecule has 1 aliphatic rings. The van der Waals surface area contributed by atoms with Gasteiger partial charge in [0.25, 0.3) is 11.8 Å². The molecule has 0 unspecified atom stereocenters. The van der Waals surface area contributed by atoms with Gasteiger partial charge < -0.3 is 20.4 Å². The zero-order valence-electron chi connectivity index (χ0n) is 18.5. The molecule has 0 spiro atoms. The average molecular weight is 458 g/mol. The molecule has 4 rings (SSSR count). The Morgan fingerprint density at radius 3 is 1.88 bits per heavy atom. The predicted octanol–water partition coefficient (Wildman–Crippen LogP) is 3.59. The summed E-state index contributed by atoms with van der Waals surface area (Å²) in [6.45, 7) is 2.81. The number of nitrogens with zero attached hydrogens (tertiary/aromatic N) is 1. The minimum atomic E-state index is -0.492. The van der Waals surface area contributed by atoms with E-state index in [1.54, 1.807) is 60.7 Å². The number of imide groups is 1. The molecule has 0 radical (unpaired) electrons. The number of nitrogens with one attached hydrogen (secondary N) is 3. The summed E-state index contributed by atoms with van der Waals surface area (Å²) in [7, 11) is 0. The van der Waals surface area contributed by atoms with Crippen molar-refractivity contribution in [2.24, 2.45) is 0 Å². The summed E-state index contributed by atoms with van der Waals surface area (Å²) in [6, 6.07) is 16.8. The van der Waals surface area contributed by atoms with Crippen molar-refractivity contribution in [1.82, 2.24) is 4.90 Å². The molecule has 0 atom stereocenters. The van der Waals surface area contributed by atoms with E-state index in [1.165, 1.54) is 20.1 Å². The summed E-state index contributed by atoms with van der Waals surface area (Å²) in [5, 5.41) is 8.41. The molecule has 3 aromatic rings. The highest BCUT2D eigenvalue weighted by atomic mass is 16.3. The third-order valence-corrected chi connectivity index (χ3v) is 5.03. The summed E-state index contributed by atoms with van der Waals surface area (Å²) in [6.07, 6.45) is 1.48. The van der Waals surface area contributed by atoms with Gasteiger partial charge in [-0.2, -0.15) is 0 Å². The number of furan rings is 1. The third kappa shape index (κ3) is 4.88. The molecule has 34 heavy (non-hydrogen) atoms. The van der Waals surface area contributed by atoms with Gasteiger partial charge in [-0.25, -0.2) is 0 Å². The maximum Gasteiger partial charge on any atom is 0.278 e. The second-order valence-electron chi connectivity index (χ2n) is 7.67. The van der Waals surface area contributed by atoms with E-state index in [1.807, 2.05) is 0 Å². The number of carbonyl (C=O) groups is 4. The second-order valence-corrected chi connectivity index (χ2v) is 7.67. The predicted molar refractivity (Wildman–Crippen MR) is 126 cm³/mol. The van der Waals surface area contributed by atoms with Crippen LogP contribution < -0.4 is 16.0 Å². The van der Waals surface area contributed by atoms with Crippen LogP contribution >= 0.6 is 0 Å². The van der Waals surface area contributed by atoms with E-state index >= 15 is 0 Å². The van der Waals surface area contributed by atoms with Gasteiger partial charge in [0, 0.05) is 30.9 Å². The molecule has 0 bridgehead atoms. The number of anilines is 3. The lowest BCUT2D eigenvalue weighted by Gasteiger charge is -2.13. The largest absolute Gasteiger partial charge is 0.467 e. The van der Waals surface area contributed by atoms with Gasteiger partial charge in [-0.15, -0.1) is 0 Å². The molecule has 2 heterocycles. The molecule has 0 fully saturated rings. The minimum absolute atomic E-state index is 0.00914. The maximum absolute atomic E-state index is 13.3. The second kappa shape index (κ2) is 9.45. The van der Waals surface area contributed by atoms with Crippen molar-refractivity contribution in [2.75, 3.05) is 16.0 Å². The molecule has 0 saturated carbocycles. The van der Waals surface area contributed by atoms with Crippen molar-refractivity contribution in [3.8, 4) is 0 Å². The van der Waals surface area contributed by atoms with Gasteiger partial charge in [0.2, 0.25) is 11.8 Å². The first-order valence-electron chi connectivity index (χ1n) is 10.5. The maximum atomic E-state index is 13.3. The van der Waals surface area contributed by atoms with Gasteiger partial charge in [0.1, 0.15) is 11.5 Å². The van der Waals surface area contributed by atoms with Gasteiger partial charge in [0.05, 0.1) is 18.4 Å². The normalized spacial score (nSPS) is 13.3. The molecule has 9 nitrogen and oxygen atoms in total. The van der Waals surface area contributed by atoms with Crippen LogP contribution in [0.15, 0.2) is 77.0 Å². The molecular weight excluding hydrogens is 436 g/mol. The SMILES string of the molecule is CC(=O)Nc1ccc(NC2=C(c3ccc(NC(C)=O)cc3)C(=O)N(Cc3ccco3)C2=O)cc1. The first-order chi connectivity index (χ1) is 16.3. The van der Waals surface area contributed by atoms with Crippen LogP contribution in [0.1, 0.15) is 25.2 Å². The molecule has 1 aliphatic heterocycles. The van der Waals surface area contributed by atoms with Gasteiger partial charge in [0.15, 0.2) is 0 Å². The number of hydrogen-bond donors (Lipinski definition) is 3. The Labute approximate surface area is 195 Å². The van der Waals surface area contributed by atoms with E-state index in [-0.39, 0.29) is 29.6 Å². The Morgan fingerprint density at radius 2 is 1.35 bits per heavy atom. The Balaban J connectivity index is 1.68. The summed E-state index contributed by atoms with van der Waals surface area (Å²) in [5.74, 6) is -0.894. The molecule has 3 N–H and O–H groups in total. The van der Waals surface area contributed by atoms with Crippen molar-refractivity contribution in [1.29, 1.82) is 0 Å². The van der Waals surface area contributed by atoms with Crippen molar-refractivity contribution in [2.45, 2.75) is 20.4 Å². The van der Waals surface area contributed by atoms with E-state index in [2.05, 4.69) is 16.0 Å². The Morgan fingerprint density at radius 1 is 0.794 bits per heavy atom. The monoisotopic (exact) mass is 458 g/mol. The highest BCUT2D eigenvalue weighted by molar-refractivity contribution is 6.36. The molecule has 2 aromatic carbocycles. The summed E-state index contributed by atoms with van der Waals surface area (Å²) in [4.78, 5) is 50.3. The molecule has 9 heteroatoms. The van der Waals surface area contributed by atoms with Crippen LogP contribution in [0.2, 0.25) is 0 Å². The lowest BCUT2D eigenvalue weighted by molar-refractivity contribution is -0.137. The summed E-state index contributed by atoms with van der Waals surface area (Å²) < 4.78 is 5.32. The molecule has 0 saturated heterocycles. The van der Waals surface area contributed by atoms with Crippen molar-refractivity contribution in [3.05, 3.63) is 83.9 Å². The molecule has 172 valence electrons. The van der Waals surface area contributed by atoms with E-state index in [0.717, 1.165) is 4.90 Å². The van der Waals surface area contributed by atoms with E-state index in [9.17, 15) is 19.2 Å². The highest BCUT2D eigenvalue weighted by Gasteiger charge is 2.39. The molecular formula is C25H22N4O5. The van der Waals surface area contributed by atoms with E-state index in [4.69, 9.17) is 4.42 Å². The molecule has 0 aliphatic carbocycles. The third-order valence-electron chi connectivity index (χ3n) is 5.03. The average Bonchev–Trinajstić information content (AvgIpc) is 3.38. The first-order valence-corrected chi connectivity index (χ1v) is 10.5. The van der Waals surface area contributed by atoms with E-state index < -0.39 is 11.8 Å². The zero-order valence-corrected chi connectivity index (χ0v) is 18.5. The number of hydrogen-bond acceptors (Lipinski definition) is 6. The smallest absolute Gasteiger partial charge is 0.278 e. The Kier molecular flexibility index (Phi) is 6.26. The lowest BCUT2D eigenvalue weighted by atomic mass is 10.0. The van der Waals surface area contributed by atoms with Gasteiger partial charge in [-0.05, 0) is 54.1 Å². The van der Waals surface area contributed by atoms with Crippen LogP contribution in [-0.4, -0.2) is 28.5 Å². The Hall–Kier alpha value is -4.66. The number of benzene rings is 2. The zero-order chi connectivity index (χ0) is 24.2. The van der Waals surface area contributed by atoms with Crippen molar-refractivity contribution >= 4 is 46.3 Å². The Bertz CT molecular complexity index is 1280. The van der Waals surface area contributed by atoms with Gasteiger partial charge in [-0.1, -0.05) is 12.1 Å². The summed E-state index contributed by atoms with van der Waals surface area (Å²) >= 11 is 0. The fourth-order valence-electron chi connectivity index (χ4n) is 3.57. The molecule has 1 aromatic heterocycles. The van der Waals surface area contributed by atoms with Gasteiger partial charge >= 0.3 is 0 Å². The minimum Gasteiger partial charge on any atom is -0.467 e. The highest BCUT2D eigenvalue weighted by Crippen LogP contribution is 2.32. The van der Waals surface area contributed by atoms with Crippen LogP contribution in [-0.2, 0) is 25.7 Å². The quantitative estimate of drug-likeness (QED) is 0.466. The van der Waals surface area contributed by atoms with Crippen LogP contribution in [0, 0.1) is 0 Å². The van der Waals surface area contributed by atoms with Crippen molar-refractivity contribution < 1.29 is 23.6 Å². The van der Waals surface area contributed by atoms with Crippen LogP contribution in [0.5, 0.6) is 0 Å². The van der Waals surface area contributed by atoms with Crippen LogP contribution in [0.25, 0.3) is 5.57 Å². The number of rotatable bonds is 7. The van der Waals surface area contributed by atoms with Crippen molar-refractivity contribution in [3.63, 3.8) is 0 Å². The fraction of sp³-hybridized carbons (Fsp3) is 0.120. The fourth-order valence-corrected chi connectivity index (χ4v) is 3.57. The number of carbonyl (C=O) groups excluding carboxylic acids is 4. The lowest BCUT2D eigenvalue weighted by Crippen LogP contribution is -2.31. The van der Waals surface area contributed by atoms with Gasteiger partial charge in [-0.3, -0.25) is 24.1 Å². The molecule has 4 amide bonds. The topological polar surface area (TPSA) is 121 Å². The van der Waals surface area contributed by atoms with Crippen LogP contribution in [0.3, 0.4) is 0 Å². The van der Waals surface area contributed by atoms with E-state index in [0.29, 0.717) is 28.4 Å².